The first-order valence-electron chi connectivity index (χ1n) is 19.5. The molecular formula is C45H48N6O6. The predicted octanol–water partition coefficient (Wildman–Crippen LogP) is 8.27. The summed E-state index contributed by atoms with van der Waals surface area (Å²) in [5.41, 5.74) is 7.47. The van der Waals surface area contributed by atoms with Gasteiger partial charge < -0.3 is 28.5 Å². The molecule has 294 valence electrons. The topological polar surface area (TPSA) is 143 Å². The van der Waals surface area contributed by atoms with E-state index < -0.39 is 5.97 Å². The summed E-state index contributed by atoms with van der Waals surface area (Å²) >= 11 is 0. The van der Waals surface area contributed by atoms with Crippen molar-refractivity contribution in [1.29, 1.82) is 0 Å². The maximum atomic E-state index is 11.9. The molecule has 1 N–H and O–H groups in total. The van der Waals surface area contributed by atoms with Gasteiger partial charge in [-0.05, 0) is 133 Å². The first-order valence-corrected chi connectivity index (χ1v) is 19.5. The molecule has 2 atom stereocenters. The number of carbonyl (C=O) groups is 2. The van der Waals surface area contributed by atoms with Gasteiger partial charge in [0, 0.05) is 14.1 Å². The van der Waals surface area contributed by atoms with Crippen molar-refractivity contribution in [3.8, 4) is 23.0 Å². The van der Waals surface area contributed by atoms with E-state index in [1.54, 1.807) is 17.2 Å². The first-order chi connectivity index (χ1) is 27.7. The molecule has 2 aliphatic carbocycles. The number of fused-ring (bicyclic) bond motifs is 2. The van der Waals surface area contributed by atoms with Crippen LogP contribution < -0.4 is 9.47 Å². The smallest absolute Gasteiger partial charge is 0.306 e. The molecule has 2 aromatic heterocycles. The molecule has 0 radical (unpaired) electrons. The normalized spacial score (nSPS) is 14.2. The number of carboxylic acids is 1. The summed E-state index contributed by atoms with van der Waals surface area (Å²) < 4.78 is 20.5. The summed E-state index contributed by atoms with van der Waals surface area (Å²) in [7, 11) is 5.08. The number of aryl methyl sites for hydroxylation is 6. The van der Waals surface area contributed by atoms with Gasteiger partial charge >= 0.3 is 11.9 Å². The molecule has 0 saturated carbocycles. The monoisotopic (exact) mass is 768 g/mol. The second-order valence-electron chi connectivity index (χ2n) is 14.7. The number of ether oxygens (including phenoxy) is 3. The highest BCUT2D eigenvalue weighted by atomic mass is 16.5. The SMILES string of the molecule is COC(=O)C[C@@H](c1ccc(Oc2ccc3c(c2)CCCC3)cc1)c1nncn1C.Cn1cnnc1[C@@H](CC(=O)O)c1ccc(Oc2ccc3c(c2)CCCC3)cc1. The number of carboxylic acid groups (broad SMARTS) is 1. The van der Waals surface area contributed by atoms with E-state index in [1.165, 1.54) is 55.0 Å². The fourth-order valence-electron chi connectivity index (χ4n) is 7.71. The fourth-order valence-corrected chi connectivity index (χ4v) is 7.71. The van der Waals surface area contributed by atoms with Gasteiger partial charge in [0.15, 0.2) is 0 Å². The zero-order valence-electron chi connectivity index (χ0n) is 32.6. The van der Waals surface area contributed by atoms with Gasteiger partial charge in [-0.3, -0.25) is 9.59 Å². The Kier molecular flexibility index (Phi) is 12.4. The van der Waals surface area contributed by atoms with Crippen molar-refractivity contribution in [1.82, 2.24) is 29.5 Å². The Morgan fingerprint density at radius 1 is 0.596 bits per heavy atom. The van der Waals surface area contributed by atoms with Crippen LogP contribution in [0.5, 0.6) is 23.0 Å². The number of benzene rings is 4. The van der Waals surface area contributed by atoms with E-state index in [0.29, 0.717) is 5.82 Å². The zero-order chi connectivity index (χ0) is 39.7. The summed E-state index contributed by atoms with van der Waals surface area (Å²) in [6.45, 7) is 0. The van der Waals surface area contributed by atoms with Crippen molar-refractivity contribution in [2.45, 2.75) is 76.0 Å². The van der Waals surface area contributed by atoms with Gasteiger partial charge in [0.1, 0.15) is 47.3 Å². The van der Waals surface area contributed by atoms with E-state index in [1.807, 2.05) is 79.3 Å². The number of methoxy groups -OCH3 is 1. The van der Waals surface area contributed by atoms with Gasteiger partial charge in [-0.15, -0.1) is 20.4 Å². The van der Waals surface area contributed by atoms with Gasteiger partial charge in [-0.2, -0.15) is 0 Å². The Morgan fingerprint density at radius 3 is 1.39 bits per heavy atom. The van der Waals surface area contributed by atoms with Crippen molar-refractivity contribution in [2.75, 3.05) is 7.11 Å². The van der Waals surface area contributed by atoms with Crippen LogP contribution in [0.2, 0.25) is 0 Å². The average Bonchev–Trinajstić information content (AvgIpc) is 3.86. The molecule has 0 fully saturated rings. The molecule has 0 spiro atoms. The van der Waals surface area contributed by atoms with Gasteiger partial charge in [0.2, 0.25) is 0 Å². The highest BCUT2D eigenvalue weighted by Crippen LogP contribution is 2.33. The summed E-state index contributed by atoms with van der Waals surface area (Å²) in [4.78, 5) is 23.3. The largest absolute Gasteiger partial charge is 0.481 e. The van der Waals surface area contributed by atoms with Crippen LogP contribution >= 0.6 is 0 Å². The third-order valence-corrected chi connectivity index (χ3v) is 10.8. The lowest BCUT2D eigenvalue weighted by atomic mass is 9.92. The van der Waals surface area contributed by atoms with Crippen LogP contribution in [0.4, 0.5) is 0 Å². The molecule has 57 heavy (non-hydrogen) atoms. The molecule has 0 bridgehead atoms. The van der Waals surface area contributed by atoms with Gasteiger partial charge in [0.05, 0.1) is 31.8 Å². The Hall–Kier alpha value is -6.30. The molecule has 12 nitrogen and oxygen atoms in total. The van der Waals surface area contributed by atoms with E-state index >= 15 is 0 Å². The highest BCUT2D eigenvalue weighted by molar-refractivity contribution is 5.71. The lowest BCUT2D eigenvalue weighted by molar-refractivity contribution is -0.141. The standard InChI is InChI=1S/C23H25N3O3.C22H23N3O3/c1-26-15-24-25-23(26)21(14-22(27)28-2)17-8-10-19(11-9-17)29-20-12-7-16-5-3-4-6-18(16)13-20;1-25-14-23-24-22(25)20(13-21(26)27)16-7-9-18(10-8-16)28-19-11-6-15-4-2-3-5-17(15)12-19/h7-13,15,21H,3-6,14H2,1-2H3;6-12,14,20H,2-5,13H2,1H3,(H,26,27)/t21-;20-/m00/s1. The summed E-state index contributed by atoms with van der Waals surface area (Å²) in [6, 6.07) is 28.0. The van der Waals surface area contributed by atoms with Crippen molar-refractivity contribution in [3.05, 3.63) is 143 Å². The fraction of sp³-hybridized carbons (Fsp3) is 0.333. The predicted molar refractivity (Wildman–Crippen MR) is 214 cm³/mol. The number of rotatable bonds is 12. The average molecular weight is 769 g/mol. The molecule has 12 heteroatoms. The minimum absolute atomic E-state index is 0.0441. The Labute approximate surface area is 332 Å². The van der Waals surface area contributed by atoms with Crippen LogP contribution in [0.15, 0.2) is 97.6 Å². The maximum Gasteiger partial charge on any atom is 0.306 e. The number of esters is 1. The van der Waals surface area contributed by atoms with Crippen LogP contribution in [0.25, 0.3) is 0 Å². The van der Waals surface area contributed by atoms with Crippen LogP contribution in [0, 0.1) is 0 Å². The molecule has 2 aliphatic rings. The minimum Gasteiger partial charge on any atom is -0.481 e. The van der Waals surface area contributed by atoms with Crippen LogP contribution in [0.3, 0.4) is 0 Å². The minimum atomic E-state index is -0.873. The number of hydrogen-bond donors (Lipinski definition) is 1. The summed E-state index contributed by atoms with van der Waals surface area (Å²) in [6.07, 6.45) is 12.9. The van der Waals surface area contributed by atoms with E-state index in [0.717, 1.165) is 65.6 Å². The zero-order valence-corrected chi connectivity index (χ0v) is 32.6. The Balaban J connectivity index is 0.000000174. The third-order valence-electron chi connectivity index (χ3n) is 10.8. The molecular weight excluding hydrogens is 721 g/mol. The number of aromatic nitrogens is 6. The maximum absolute atomic E-state index is 11.9. The molecule has 6 aromatic rings. The van der Waals surface area contributed by atoms with Crippen LogP contribution in [-0.4, -0.2) is 53.7 Å². The molecule has 0 saturated heterocycles. The molecule has 2 heterocycles. The summed E-state index contributed by atoms with van der Waals surface area (Å²) in [5, 5.41) is 25.4. The number of carbonyl (C=O) groups excluding carboxylic acids is 1. The second-order valence-corrected chi connectivity index (χ2v) is 14.7. The molecule has 0 unspecified atom stereocenters. The third kappa shape index (κ3) is 9.75. The van der Waals surface area contributed by atoms with E-state index in [-0.39, 0.29) is 30.6 Å². The van der Waals surface area contributed by atoms with Gasteiger partial charge in [0.25, 0.3) is 0 Å². The quantitative estimate of drug-likeness (QED) is 0.121. The molecule has 0 aliphatic heterocycles. The molecule has 8 rings (SSSR count). The van der Waals surface area contributed by atoms with Crippen molar-refractivity contribution in [3.63, 3.8) is 0 Å². The van der Waals surface area contributed by atoms with Crippen molar-refractivity contribution in [2.24, 2.45) is 14.1 Å². The lowest BCUT2D eigenvalue weighted by Crippen LogP contribution is -2.14. The molecule has 0 amide bonds. The highest BCUT2D eigenvalue weighted by Gasteiger charge is 2.24. The van der Waals surface area contributed by atoms with Gasteiger partial charge in [-0.25, -0.2) is 0 Å². The van der Waals surface area contributed by atoms with Crippen molar-refractivity contribution < 1.29 is 28.9 Å². The Bertz CT molecular complexity index is 2300. The number of hydrogen-bond acceptors (Lipinski definition) is 9. The first kappa shape index (κ1) is 39.0. The van der Waals surface area contributed by atoms with Crippen LogP contribution in [-0.2, 0) is 54.1 Å². The Morgan fingerprint density at radius 2 is 1.00 bits per heavy atom. The molecule has 4 aromatic carbocycles. The van der Waals surface area contributed by atoms with E-state index in [9.17, 15) is 14.7 Å². The van der Waals surface area contributed by atoms with Crippen LogP contribution in [0.1, 0.15) is 95.4 Å². The van der Waals surface area contributed by atoms with E-state index in [2.05, 4.69) is 44.7 Å². The summed E-state index contributed by atoms with van der Waals surface area (Å²) in [5.74, 6) is 2.79. The number of aliphatic carboxylic acids is 1. The van der Waals surface area contributed by atoms with Gasteiger partial charge in [-0.1, -0.05) is 36.4 Å². The van der Waals surface area contributed by atoms with E-state index in [4.69, 9.17) is 14.2 Å². The lowest BCUT2D eigenvalue weighted by Gasteiger charge is -2.17. The number of nitrogens with zero attached hydrogens (tertiary/aromatic N) is 6. The van der Waals surface area contributed by atoms with Crippen molar-refractivity contribution >= 4 is 11.9 Å². The second kappa shape index (κ2) is 18.1.